The molecule has 4 aliphatic carbocycles. The summed E-state index contributed by atoms with van der Waals surface area (Å²) in [7, 11) is 0. The first-order valence-corrected chi connectivity index (χ1v) is 48.5. The lowest BCUT2D eigenvalue weighted by atomic mass is 9.93. The predicted octanol–water partition coefficient (Wildman–Crippen LogP) is 27.5. The van der Waals surface area contributed by atoms with Gasteiger partial charge < -0.3 is 10.6 Å². The Morgan fingerprint density at radius 2 is 0.612 bits per heavy atom. The molecule has 8 atom stereocenters. The minimum atomic E-state index is -0.0996. The van der Waals surface area contributed by atoms with Crippen LogP contribution in [0.25, 0.3) is 85.2 Å². The second-order valence-corrected chi connectivity index (χ2v) is 40.1. The van der Waals surface area contributed by atoms with E-state index in [1.807, 2.05) is 72.1 Å². The smallest absolute Gasteiger partial charge is 0.230 e. The van der Waals surface area contributed by atoms with Crippen molar-refractivity contribution in [2.75, 3.05) is 21.3 Å². The molecule has 129 heavy (non-hydrogen) atoms. The van der Waals surface area contributed by atoms with Crippen LogP contribution < -0.4 is 21.3 Å². The van der Waals surface area contributed by atoms with E-state index in [-0.39, 0.29) is 71.0 Å². The first-order valence-electron chi connectivity index (χ1n) is 45.2. The molecule has 4 amide bonds. The molecule has 0 spiro atoms. The highest BCUT2D eigenvalue weighted by Gasteiger charge is 2.40. The number of nitrogens with one attached hydrogen (secondary N) is 4. The van der Waals surface area contributed by atoms with Gasteiger partial charge in [-0.3, -0.25) is 29.8 Å². The van der Waals surface area contributed by atoms with Gasteiger partial charge >= 0.3 is 0 Å². The maximum atomic E-state index is 13.3. The normalized spacial score (nSPS) is 18.2. The summed E-state index contributed by atoms with van der Waals surface area (Å²) in [4.78, 5) is 91.0. The third-order valence-corrected chi connectivity index (χ3v) is 31.7. The summed E-state index contributed by atoms with van der Waals surface area (Å²) in [5.74, 6) is 2.10. The molecule has 0 bridgehead atoms. The number of thiophene rings is 1. The number of thiazole rings is 3. The van der Waals surface area contributed by atoms with Gasteiger partial charge in [0.15, 0.2) is 0 Å². The van der Waals surface area contributed by atoms with Crippen molar-refractivity contribution in [3.05, 3.63) is 305 Å². The number of aromatic nitrogens is 8. The maximum Gasteiger partial charge on any atom is 0.230 e. The number of anilines is 4. The topological polar surface area (TPSA) is 220 Å². The Labute approximate surface area is 771 Å². The summed E-state index contributed by atoms with van der Waals surface area (Å²) in [6.45, 7) is 27.5. The standard InChI is InChI=1S/C29H30N2OS.2C27H27N3OS.C26H26N4OS/c1-17-8-5-6-9-22(17)21-12-13-25(20(4)14-21)30-28(32)23-10-7-11-24(23)29-31-26-15-18(2)19(3)16-27(26)33-29;1-16-7-4-5-8-21(16)20-14-28-27(29-15-20)30-26(31)23-10-6-9-22(23)25-13-19-11-17(2)18(3)12-24(19)32-25;1-16-7-4-5-8-20(16)19-11-12-25(28-15-19)30-26(31)21-9-6-10-22(21)27-29-23-13-17(2)18(3)14-24(23)32-27;1-15-7-4-5-8-19(15)18-13-27-26(28-14-18)30-24(31)20-9-6-10-21(20)25-29-22-11-16(2)17(3)12-23(22)32-25/h5-6,8-9,12-16,23-24H,7,10-11H2,1-4H3,(H,30,32);4-5,7-8,11-15,22-23H,6,9-10H2,1-3H3,(H,28,29,30,31);4-5,7-8,11-15,21-22H,6,9-10H2,1-3H3,(H,28,30,31);4-5,7-8,11-14,20-21H,6,9-10H2,1-3H3,(H,27,28,30,31). The van der Waals surface area contributed by atoms with Crippen LogP contribution in [0, 0.1) is 114 Å². The molecule has 4 aliphatic rings. The molecule has 20 rings (SSSR count). The number of benzene rings is 9. The molecule has 7 heterocycles. The zero-order valence-corrected chi connectivity index (χ0v) is 78.9. The summed E-state index contributed by atoms with van der Waals surface area (Å²) >= 11 is 7.05. The van der Waals surface area contributed by atoms with Crippen LogP contribution in [0.1, 0.15) is 193 Å². The van der Waals surface area contributed by atoms with E-state index in [9.17, 15) is 19.2 Å². The number of rotatable bonds is 16. The second-order valence-electron chi connectivity index (χ2n) is 35.8. The summed E-state index contributed by atoms with van der Waals surface area (Å²) in [6, 6.07) is 63.2. The largest absolute Gasteiger partial charge is 0.326 e. The van der Waals surface area contributed by atoms with Gasteiger partial charge in [-0.1, -0.05) is 135 Å². The van der Waals surface area contributed by atoms with Crippen molar-refractivity contribution in [3.63, 3.8) is 0 Å². The van der Waals surface area contributed by atoms with E-state index in [4.69, 9.17) is 15.0 Å². The van der Waals surface area contributed by atoms with Crippen molar-refractivity contribution >= 4 is 133 Å². The predicted molar refractivity (Wildman–Crippen MR) is 534 cm³/mol. The average molecular weight is 1780 g/mol. The molecule has 4 N–H and O–H groups in total. The molecular formula is C109H110N12O4S4. The number of hydrogen-bond acceptors (Lipinski definition) is 16. The molecule has 4 saturated carbocycles. The van der Waals surface area contributed by atoms with Gasteiger partial charge in [0.25, 0.3) is 0 Å². The summed E-state index contributed by atoms with van der Waals surface area (Å²) in [6.07, 6.45) is 20.8. The number of nitrogens with zero attached hydrogens (tertiary/aromatic N) is 8. The van der Waals surface area contributed by atoms with E-state index in [1.165, 1.54) is 107 Å². The van der Waals surface area contributed by atoms with Crippen molar-refractivity contribution in [1.82, 2.24) is 39.9 Å². The van der Waals surface area contributed by atoms with Crippen LogP contribution in [0.3, 0.4) is 0 Å². The van der Waals surface area contributed by atoms with Crippen LogP contribution in [0.2, 0.25) is 0 Å². The Kier molecular flexibility index (Phi) is 26.9. The second kappa shape index (κ2) is 39.0. The quantitative estimate of drug-likeness (QED) is 0.0710. The van der Waals surface area contributed by atoms with Gasteiger partial charge in [-0.05, 0) is 320 Å². The number of fused-ring (bicyclic) bond motifs is 4. The minimum Gasteiger partial charge on any atom is -0.326 e. The van der Waals surface area contributed by atoms with Crippen molar-refractivity contribution < 1.29 is 19.2 Å². The van der Waals surface area contributed by atoms with E-state index < -0.39 is 0 Å². The SMILES string of the molecule is Cc1cc2cc(C3CCCC3C(=O)Nc3ncc(-c4ccccc4C)cn3)sc2cc1C.Cc1cc2nc(C3CCCC3C(=O)Nc3ccc(-c4ccccc4C)cc3C)sc2cc1C.Cc1cc2nc(C3CCCC3C(=O)Nc3ccc(-c4ccccc4C)cn3)sc2cc1C.Cc1cc2nc(C3CCCC3C(=O)Nc3ncc(-c4ccccc4C)cn3)sc2cc1C. The third kappa shape index (κ3) is 19.9. The fourth-order valence-electron chi connectivity index (χ4n) is 19.0. The van der Waals surface area contributed by atoms with Gasteiger partial charge in [-0.25, -0.2) is 39.9 Å². The zero-order chi connectivity index (χ0) is 89.8. The molecule has 654 valence electrons. The fourth-order valence-corrected chi connectivity index (χ4v) is 24.1. The molecule has 4 fully saturated rings. The zero-order valence-electron chi connectivity index (χ0n) is 75.7. The van der Waals surface area contributed by atoms with Crippen LogP contribution >= 0.6 is 45.3 Å². The van der Waals surface area contributed by atoms with Gasteiger partial charge in [0, 0.05) is 110 Å². The van der Waals surface area contributed by atoms with Gasteiger partial charge in [-0.2, -0.15) is 0 Å². The molecule has 16 aromatic rings. The molecular weight excluding hydrogens is 1670 g/mol. The molecule has 16 nitrogen and oxygen atoms in total. The van der Waals surface area contributed by atoms with Crippen LogP contribution in [0.15, 0.2) is 213 Å². The van der Waals surface area contributed by atoms with Crippen LogP contribution in [0.5, 0.6) is 0 Å². The van der Waals surface area contributed by atoms with Gasteiger partial charge in [0.05, 0.1) is 45.7 Å². The highest BCUT2D eigenvalue weighted by Crippen LogP contribution is 2.49. The first kappa shape index (κ1) is 88.8. The monoisotopic (exact) mass is 1780 g/mol. The highest BCUT2D eigenvalue weighted by atomic mass is 32.1. The summed E-state index contributed by atoms with van der Waals surface area (Å²) in [5, 5.41) is 16.8. The average Bonchev–Trinajstić information content (AvgIpc) is 1.65. The highest BCUT2D eigenvalue weighted by molar-refractivity contribution is 7.20. The van der Waals surface area contributed by atoms with Crippen molar-refractivity contribution in [1.29, 1.82) is 0 Å². The number of hydrogen-bond donors (Lipinski definition) is 4. The Morgan fingerprint density at radius 1 is 0.279 bits per heavy atom. The summed E-state index contributed by atoms with van der Waals surface area (Å²) in [5.41, 5.74) is 29.0. The fraction of sp³-hybridized carbons (Fsp3) is 0.303. The molecule has 0 aliphatic heterocycles. The van der Waals surface area contributed by atoms with Crippen molar-refractivity contribution in [2.45, 2.75) is 191 Å². The van der Waals surface area contributed by atoms with Crippen LogP contribution in [-0.2, 0) is 19.2 Å². The third-order valence-electron chi connectivity index (χ3n) is 27.0. The van der Waals surface area contributed by atoms with Gasteiger partial charge in [0.1, 0.15) is 5.82 Å². The Hall–Kier alpha value is -12.2. The summed E-state index contributed by atoms with van der Waals surface area (Å²) < 4.78 is 4.94. The molecule has 9 aromatic carbocycles. The van der Waals surface area contributed by atoms with E-state index in [0.29, 0.717) is 17.7 Å². The lowest BCUT2D eigenvalue weighted by Crippen LogP contribution is -2.25. The number of pyridine rings is 1. The molecule has 20 heteroatoms. The van der Waals surface area contributed by atoms with Crippen molar-refractivity contribution in [2.24, 2.45) is 23.7 Å². The van der Waals surface area contributed by atoms with Gasteiger partial charge in [0.2, 0.25) is 35.5 Å². The van der Waals surface area contributed by atoms with E-state index >= 15 is 0 Å². The van der Waals surface area contributed by atoms with Gasteiger partial charge in [-0.15, -0.1) is 45.3 Å². The maximum absolute atomic E-state index is 13.3. The lowest BCUT2D eigenvalue weighted by Gasteiger charge is -2.18. The Morgan fingerprint density at radius 3 is 1.01 bits per heavy atom. The molecule has 8 unspecified atom stereocenters. The lowest BCUT2D eigenvalue weighted by molar-refractivity contribution is -0.120. The van der Waals surface area contributed by atoms with Crippen molar-refractivity contribution in [3.8, 4) is 44.5 Å². The van der Waals surface area contributed by atoms with E-state index in [1.54, 1.807) is 58.8 Å². The number of amides is 4. The first-order chi connectivity index (χ1) is 62.4. The number of carbonyl (C=O) groups excluding carboxylic acids is 4. The molecule has 0 saturated heterocycles. The van der Waals surface area contributed by atoms with Crippen LogP contribution in [0.4, 0.5) is 23.4 Å². The van der Waals surface area contributed by atoms with E-state index in [0.717, 1.165) is 153 Å². The number of aryl methyl sites for hydroxylation is 13. The Balaban J connectivity index is 0.000000121. The molecule has 0 radical (unpaired) electrons. The van der Waals surface area contributed by atoms with E-state index in [2.05, 4.69) is 264 Å². The molecule has 7 aromatic heterocycles. The number of carbonyl (C=O) groups is 4. The minimum absolute atomic E-state index is 0.0113. The Bertz CT molecular complexity index is 6230. The van der Waals surface area contributed by atoms with Crippen LogP contribution in [-0.4, -0.2) is 63.5 Å².